The Morgan fingerprint density at radius 2 is 2.03 bits per heavy atom. The van der Waals surface area contributed by atoms with Gasteiger partial charge in [-0.15, -0.1) is 0 Å². The quantitative estimate of drug-likeness (QED) is 0.430. The van der Waals surface area contributed by atoms with Gasteiger partial charge in [0.05, 0.1) is 36.7 Å². The van der Waals surface area contributed by atoms with Gasteiger partial charge in [-0.2, -0.15) is 19.0 Å². The minimum absolute atomic E-state index is 0.244. The summed E-state index contributed by atoms with van der Waals surface area (Å²) in [7, 11) is 1.12. The Labute approximate surface area is 203 Å². The standard InChI is InChI=1S/C23H27F2N7O2Si/c1-13-19(35)23(12-34-13)4-6-30(7-5-23)20-18(11-33)28-21-17(27-20)9-26-32(21)15-3-2-14-10-31(22(24)25)29-16(14)8-15/h2-3,8-10,13,19,22,33H,4-7,11-12H2,1,35H3/t13-,19?/m0/s1. The van der Waals surface area contributed by atoms with Crippen LogP contribution in [-0.2, 0) is 11.3 Å². The minimum atomic E-state index is -2.70. The molecule has 1 aromatic carbocycles. The van der Waals surface area contributed by atoms with Crippen molar-refractivity contribution >= 4 is 38.1 Å². The molecule has 4 aromatic rings. The number of alkyl halides is 2. The van der Waals surface area contributed by atoms with Crippen LogP contribution in [0.1, 0.15) is 32.0 Å². The minimum Gasteiger partial charge on any atom is -0.390 e. The molecule has 2 saturated heterocycles. The van der Waals surface area contributed by atoms with E-state index in [4.69, 9.17) is 14.7 Å². The van der Waals surface area contributed by atoms with Crippen LogP contribution in [0.25, 0.3) is 27.8 Å². The maximum atomic E-state index is 13.0. The number of nitrogens with zero attached hydrogens (tertiary/aromatic N) is 7. The second-order valence-corrected chi connectivity index (χ2v) is 10.9. The van der Waals surface area contributed by atoms with Crippen molar-refractivity contribution < 1.29 is 18.6 Å². The van der Waals surface area contributed by atoms with Gasteiger partial charge in [-0.05, 0) is 48.9 Å². The van der Waals surface area contributed by atoms with Crippen LogP contribution in [0, 0.1) is 5.41 Å². The van der Waals surface area contributed by atoms with E-state index in [9.17, 15) is 13.9 Å². The van der Waals surface area contributed by atoms with Gasteiger partial charge in [0.1, 0.15) is 11.2 Å². The van der Waals surface area contributed by atoms with Crippen LogP contribution in [0.3, 0.4) is 0 Å². The topological polar surface area (TPSA) is 94.1 Å². The Bertz CT molecular complexity index is 1400. The van der Waals surface area contributed by atoms with E-state index in [2.05, 4.69) is 22.0 Å². The third-order valence-corrected chi connectivity index (χ3v) is 10.1. The zero-order valence-electron chi connectivity index (χ0n) is 19.6. The van der Waals surface area contributed by atoms with Crippen molar-refractivity contribution in [2.24, 2.45) is 5.41 Å². The summed E-state index contributed by atoms with van der Waals surface area (Å²) in [5.74, 6) is 0.692. The zero-order chi connectivity index (χ0) is 24.3. The average Bonchev–Trinajstić information content (AvgIpc) is 3.56. The van der Waals surface area contributed by atoms with Gasteiger partial charge in [-0.3, -0.25) is 0 Å². The number of benzene rings is 1. The zero-order valence-corrected chi connectivity index (χ0v) is 21.6. The van der Waals surface area contributed by atoms with E-state index < -0.39 is 6.55 Å². The van der Waals surface area contributed by atoms with Crippen molar-refractivity contribution in [3.05, 3.63) is 36.3 Å². The monoisotopic (exact) mass is 499 g/mol. The summed E-state index contributed by atoms with van der Waals surface area (Å²) in [6.07, 6.45) is 5.37. The van der Waals surface area contributed by atoms with Crippen LogP contribution >= 0.6 is 0 Å². The van der Waals surface area contributed by atoms with Gasteiger partial charge >= 0.3 is 6.55 Å². The van der Waals surface area contributed by atoms with Gasteiger partial charge in [0.15, 0.2) is 11.5 Å². The van der Waals surface area contributed by atoms with Crippen molar-refractivity contribution in [3.63, 3.8) is 0 Å². The highest BCUT2D eigenvalue weighted by molar-refractivity contribution is 6.12. The highest BCUT2D eigenvalue weighted by Gasteiger charge is 2.47. The van der Waals surface area contributed by atoms with Gasteiger partial charge in [0.25, 0.3) is 0 Å². The first kappa shape index (κ1) is 22.5. The van der Waals surface area contributed by atoms with Crippen molar-refractivity contribution in [3.8, 4) is 5.69 Å². The van der Waals surface area contributed by atoms with E-state index in [1.807, 2.05) is 0 Å². The molecule has 1 spiro atoms. The fourth-order valence-corrected chi connectivity index (χ4v) is 6.45. The molecule has 1 unspecified atom stereocenters. The van der Waals surface area contributed by atoms with E-state index in [1.165, 1.54) is 6.20 Å². The molecule has 0 aliphatic carbocycles. The van der Waals surface area contributed by atoms with Gasteiger partial charge in [0.2, 0.25) is 0 Å². The molecule has 184 valence electrons. The largest absolute Gasteiger partial charge is 0.390 e. The lowest BCUT2D eigenvalue weighted by molar-refractivity contribution is 0.0574. The highest BCUT2D eigenvalue weighted by Crippen LogP contribution is 2.49. The molecule has 0 saturated carbocycles. The molecule has 0 radical (unpaired) electrons. The first-order valence-corrected chi connectivity index (χ1v) is 13.0. The molecule has 3 aromatic heterocycles. The molecule has 0 bridgehead atoms. The van der Waals surface area contributed by atoms with Gasteiger partial charge < -0.3 is 14.7 Å². The summed E-state index contributed by atoms with van der Waals surface area (Å²) in [5, 5.41) is 19.1. The first-order chi connectivity index (χ1) is 16.9. The molecule has 9 nitrogen and oxygen atoms in total. The fourth-order valence-electron chi connectivity index (χ4n) is 5.51. The number of aromatic nitrogens is 6. The number of hydrogen-bond donors (Lipinski definition) is 1. The van der Waals surface area contributed by atoms with Crippen molar-refractivity contribution in [1.82, 2.24) is 29.5 Å². The Kier molecular flexibility index (Phi) is 5.34. The smallest absolute Gasteiger partial charge is 0.333 e. The summed E-state index contributed by atoms with van der Waals surface area (Å²) < 4.78 is 34.2. The van der Waals surface area contributed by atoms with E-state index >= 15 is 0 Å². The summed E-state index contributed by atoms with van der Waals surface area (Å²) >= 11 is 0. The maximum absolute atomic E-state index is 13.0. The molecule has 2 aliphatic heterocycles. The maximum Gasteiger partial charge on any atom is 0.333 e. The Hall–Kier alpha value is -2.96. The first-order valence-electron chi connectivity index (χ1n) is 11.9. The van der Waals surface area contributed by atoms with Crippen LogP contribution < -0.4 is 4.90 Å². The molecular formula is C23H27F2N7O2Si. The summed E-state index contributed by atoms with van der Waals surface area (Å²) in [5.41, 5.74) is 3.58. The lowest BCUT2D eigenvalue weighted by Gasteiger charge is -2.42. The van der Waals surface area contributed by atoms with Crippen LogP contribution in [0.5, 0.6) is 0 Å². The molecule has 2 atom stereocenters. The van der Waals surface area contributed by atoms with E-state index in [0.29, 0.717) is 55.6 Å². The summed E-state index contributed by atoms with van der Waals surface area (Å²) in [4.78, 5) is 11.8. The number of fused-ring (bicyclic) bond motifs is 2. The van der Waals surface area contributed by atoms with Gasteiger partial charge in [0, 0.05) is 34.9 Å². The summed E-state index contributed by atoms with van der Waals surface area (Å²) in [6, 6.07) is 5.19. The molecule has 1 N–H and O–H groups in total. The number of hydrogen-bond acceptors (Lipinski definition) is 7. The number of rotatable bonds is 4. The van der Waals surface area contributed by atoms with Crippen LogP contribution in [0.2, 0.25) is 5.54 Å². The average molecular weight is 500 g/mol. The predicted octanol–water partition coefficient (Wildman–Crippen LogP) is 2.21. The van der Waals surface area contributed by atoms with E-state index in [0.717, 1.165) is 42.8 Å². The Morgan fingerprint density at radius 3 is 2.71 bits per heavy atom. The molecular weight excluding hydrogens is 472 g/mol. The van der Waals surface area contributed by atoms with Crippen molar-refractivity contribution in [1.29, 1.82) is 0 Å². The molecule has 5 heterocycles. The molecule has 2 aliphatic rings. The molecule has 35 heavy (non-hydrogen) atoms. The molecule has 2 fully saturated rings. The number of aliphatic hydroxyl groups excluding tert-OH is 1. The SMILES string of the molecule is C[C@@H]1OCC2(CCN(c3nc4cnn(-c5ccc6cn(C(F)F)nc6c5)c4nc3CO)CC2)C1[SiH3]. The van der Waals surface area contributed by atoms with Crippen LogP contribution in [0.15, 0.2) is 30.6 Å². The number of anilines is 1. The second-order valence-electron chi connectivity index (χ2n) is 9.70. The van der Waals surface area contributed by atoms with Crippen LogP contribution in [-0.4, -0.2) is 70.7 Å². The van der Waals surface area contributed by atoms with Crippen LogP contribution in [0.4, 0.5) is 14.6 Å². The highest BCUT2D eigenvalue weighted by atomic mass is 28.1. The number of piperidine rings is 1. The lowest BCUT2D eigenvalue weighted by atomic mass is 9.76. The molecule has 12 heteroatoms. The Balaban J connectivity index is 1.32. The van der Waals surface area contributed by atoms with E-state index in [1.54, 1.807) is 29.1 Å². The third kappa shape index (κ3) is 3.62. The second kappa shape index (κ2) is 8.31. The fraction of sp³-hybridized carbons (Fsp3) is 0.478. The Morgan fingerprint density at radius 1 is 1.23 bits per heavy atom. The normalized spacial score (nSPS) is 22.4. The van der Waals surface area contributed by atoms with E-state index in [-0.39, 0.29) is 12.0 Å². The third-order valence-electron chi connectivity index (χ3n) is 7.92. The molecule has 6 rings (SSSR count). The molecule has 0 amide bonds. The van der Waals surface area contributed by atoms with Crippen molar-refractivity contribution in [2.75, 3.05) is 24.6 Å². The number of halogens is 2. The summed E-state index contributed by atoms with van der Waals surface area (Å²) in [6.45, 7) is 1.76. The van der Waals surface area contributed by atoms with Gasteiger partial charge in [-0.25, -0.2) is 19.3 Å². The number of ether oxygens (including phenoxy) is 1. The van der Waals surface area contributed by atoms with Gasteiger partial charge in [-0.1, -0.05) is 0 Å². The lowest BCUT2D eigenvalue weighted by Crippen LogP contribution is -2.43. The predicted molar refractivity (Wildman–Crippen MR) is 130 cm³/mol. The number of aliphatic hydroxyl groups is 1. The van der Waals surface area contributed by atoms with Crippen molar-refractivity contribution in [2.45, 2.75) is 44.6 Å².